The average Bonchev–Trinajstić information content (AvgIpc) is 2.71. The molecule has 0 radical (unpaired) electrons. The van der Waals surface area contributed by atoms with Gasteiger partial charge in [-0.1, -0.05) is 19.3 Å². The Morgan fingerprint density at radius 1 is 1.20 bits per heavy atom. The number of rotatable bonds is 4. The zero-order valence-electron chi connectivity index (χ0n) is 11.6. The van der Waals surface area contributed by atoms with E-state index in [-0.39, 0.29) is 17.0 Å². The standard InChI is InChI=1S/C14H20N2O3S/c1-15-13-5-3-2-4-6-14(13)20(19)12-9-7-11(8-10-12)16(17)18/h7-10,13-15H,2-6H2,1H3. The van der Waals surface area contributed by atoms with E-state index in [4.69, 9.17) is 0 Å². The Hall–Kier alpha value is -1.27. The van der Waals surface area contributed by atoms with Crippen molar-refractivity contribution in [1.29, 1.82) is 0 Å². The summed E-state index contributed by atoms with van der Waals surface area (Å²) in [5, 5.41) is 14.0. The van der Waals surface area contributed by atoms with E-state index in [1.165, 1.54) is 25.0 Å². The molecule has 0 aliphatic heterocycles. The monoisotopic (exact) mass is 296 g/mol. The van der Waals surface area contributed by atoms with Gasteiger partial charge in [0.2, 0.25) is 0 Å². The molecule has 20 heavy (non-hydrogen) atoms. The largest absolute Gasteiger partial charge is 0.316 e. The highest BCUT2D eigenvalue weighted by molar-refractivity contribution is 7.85. The minimum absolute atomic E-state index is 0.0387. The molecule has 5 nitrogen and oxygen atoms in total. The van der Waals surface area contributed by atoms with Crippen molar-refractivity contribution < 1.29 is 9.13 Å². The summed E-state index contributed by atoms with van der Waals surface area (Å²) in [5.41, 5.74) is 0.0387. The molecule has 1 fully saturated rings. The Labute approximate surface area is 121 Å². The fraction of sp³-hybridized carbons (Fsp3) is 0.571. The molecular weight excluding hydrogens is 276 g/mol. The Morgan fingerprint density at radius 3 is 2.45 bits per heavy atom. The van der Waals surface area contributed by atoms with Gasteiger partial charge in [0.1, 0.15) is 0 Å². The molecule has 1 aliphatic rings. The van der Waals surface area contributed by atoms with Crippen molar-refractivity contribution in [1.82, 2.24) is 5.32 Å². The summed E-state index contributed by atoms with van der Waals surface area (Å²) in [5.74, 6) is 0. The highest BCUT2D eigenvalue weighted by Gasteiger charge is 2.28. The predicted molar refractivity (Wildman–Crippen MR) is 79.2 cm³/mol. The molecule has 0 saturated heterocycles. The van der Waals surface area contributed by atoms with Gasteiger partial charge in [0.25, 0.3) is 5.69 Å². The molecule has 1 saturated carbocycles. The first-order valence-corrected chi connectivity index (χ1v) is 8.17. The van der Waals surface area contributed by atoms with Gasteiger partial charge in [0, 0.05) is 23.1 Å². The minimum Gasteiger partial charge on any atom is -0.316 e. The Balaban J connectivity index is 2.17. The second kappa shape index (κ2) is 6.95. The summed E-state index contributed by atoms with van der Waals surface area (Å²) in [7, 11) is 0.795. The predicted octanol–water partition coefficient (Wildman–Crippen LogP) is 2.62. The molecule has 0 amide bonds. The molecule has 1 N–H and O–H groups in total. The van der Waals surface area contributed by atoms with E-state index in [1.54, 1.807) is 12.1 Å². The molecule has 110 valence electrons. The molecule has 1 aromatic carbocycles. The lowest BCUT2D eigenvalue weighted by Crippen LogP contribution is -2.39. The van der Waals surface area contributed by atoms with Crippen LogP contribution in [0.15, 0.2) is 29.2 Å². The first-order valence-electron chi connectivity index (χ1n) is 6.96. The molecule has 0 aromatic heterocycles. The van der Waals surface area contributed by atoms with E-state index < -0.39 is 15.7 Å². The summed E-state index contributed by atoms with van der Waals surface area (Å²) in [6.45, 7) is 0. The number of hydrogen-bond acceptors (Lipinski definition) is 4. The summed E-state index contributed by atoms with van der Waals surface area (Å²) in [6, 6.07) is 6.35. The molecule has 1 aliphatic carbocycles. The lowest BCUT2D eigenvalue weighted by molar-refractivity contribution is -0.384. The molecular formula is C14H20N2O3S. The van der Waals surface area contributed by atoms with Crippen LogP contribution in [0.25, 0.3) is 0 Å². The maximum atomic E-state index is 12.7. The van der Waals surface area contributed by atoms with Crippen molar-refractivity contribution in [3.63, 3.8) is 0 Å². The second-order valence-electron chi connectivity index (χ2n) is 5.12. The van der Waals surface area contributed by atoms with E-state index in [9.17, 15) is 14.3 Å². The van der Waals surface area contributed by atoms with Crippen molar-refractivity contribution in [3.05, 3.63) is 34.4 Å². The third kappa shape index (κ3) is 3.43. The van der Waals surface area contributed by atoms with Crippen LogP contribution < -0.4 is 5.32 Å². The van der Waals surface area contributed by atoms with Gasteiger partial charge in [-0.05, 0) is 32.0 Å². The Bertz CT molecular complexity index is 490. The fourth-order valence-corrected chi connectivity index (χ4v) is 4.44. The average molecular weight is 296 g/mol. The number of hydrogen-bond donors (Lipinski definition) is 1. The van der Waals surface area contributed by atoms with E-state index in [0.717, 1.165) is 19.3 Å². The second-order valence-corrected chi connectivity index (χ2v) is 6.79. The lowest BCUT2D eigenvalue weighted by atomic mass is 10.1. The fourth-order valence-electron chi connectivity index (χ4n) is 2.74. The first-order chi connectivity index (χ1) is 9.63. The molecule has 1 aromatic rings. The normalized spacial score (nSPS) is 24.9. The van der Waals surface area contributed by atoms with Gasteiger partial charge < -0.3 is 5.32 Å². The Kier molecular flexibility index (Phi) is 5.25. The maximum Gasteiger partial charge on any atom is 0.269 e. The number of nitro benzene ring substituents is 1. The lowest BCUT2D eigenvalue weighted by Gasteiger charge is -2.24. The Morgan fingerprint density at radius 2 is 1.85 bits per heavy atom. The summed E-state index contributed by atoms with van der Waals surface area (Å²) < 4.78 is 12.7. The van der Waals surface area contributed by atoms with Crippen LogP contribution in [0.1, 0.15) is 32.1 Å². The van der Waals surface area contributed by atoms with Crippen LogP contribution in [-0.2, 0) is 10.8 Å². The quantitative estimate of drug-likeness (QED) is 0.526. The van der Waals surface area contributed by atoms with Crippen LogP contribution in [0.5, 0.6) is 0 Å². The van der Waals surface area contributed by atoms with Crippen LogP contribution in [0.4, 0.5) is 5.69 Å². The summed E-state index contributed by atoms with van der Waals surface area (Å²) in [4.78, 5) is 10.9. The molecule has 3 atom stereocenters. The van der Waals surface area contributed by atoms with Crippen LogP contribution in [0, 0.1) is 10.1 Å². The van der Waals surface area contributed by atoms with Gasteiger partial charge in [-0.2, -0.15) is 0 Å². The zero-order valence-corrected chi connectivity index (χ0v) is 12.4. The molecule has 0 bridgehead atoms. The number of benzene rings is 1. The van der Waals surface area contributed by atoms with Crippen molar-refractivity contribution in [3.8, 4) is 0 Å². The zero-order chi connectivity index (χ0) is 14.5. The van der Waals surface area contributed by atoms with Crippen molar-refractivity contribution in [2.24, 2.45) is 0 Å². The molecule has 3 unspecified atom stereocenters. The summed E-state index contributed by atoms with van der Waals surface area (Å²) in [6.07, 6.45) is 5.43. The van der Waals surface area contributed by atoms with Crippen molar-refractivity contribution in [2.75, 3.05) is 7.05 Å². The van der Waals surface area contributed by atoms with Gasteiger partial charge in [-0.3, -0.25) is 14.3 Å². The van der Waals surface area contributed by atoms with Crippen LogP contribution in [0.2, 0.25) is 0 Å². The van der Waals surface area contributed by atoms with Gasteiger partial charge >= 0.3 is 0 Å². The highest BCUT2D eigenvalue weighted by atomic mass is 32.2. The van der Waals surface area contributed by atoms with Gasteiger partial charge in [-0.15, -0.1) is 0 Å². The van der Waals surface area contributed by atoms with Gasteiger partial charge in [0.05, 0.1) is 21.0 Å². The SMILES string of the molecule is CNC1CCCCCC1S(=O)c1ccc([N+](=O)[O-])cc1. The number of non-ortho nitro benzene ring substituents is 1. The van der Waals surface area contributed by atoms with E-state index in [2.05, 4.69) is 5.32 Å². The van der Waals surface area contributed by atoms with E-state index >= 15 is 0 Å². The van der Waals surface area contributed by atoms with Gasteiger partial charge in [0.15, 0.2) is 0 Å². The van der Waals surface area contributed by atoms with Crippen LogP contribution >= 0.6 is 0 Å². The smallest absolute Gasteiger partial charge is 0.269 e. The first kappa shape index (κ1) is 15.1. The van der Waals surface area contributed by atoms with E-state index in [0.29, 0.717) is 4.90 Å². The minimum atomic E-state index is -1.12. The van der Waals surface area contributed by atoms with Crippen LogP contribution in [0.3, 0.4) is 0 Å². The number of nitrogens with one attached hydrogen (secondary N) is 1. The molecule has 0 heterocycles. The third-order valence-corrected chi connectivity index (χ3v) is 5.73. The van der Waals surface area contributed by atoms with Gasteiger partial charge in [-0.25, -0.2) is 0 Å². The maximum absolute atomic E-state index is 12.7. The molecule has 2 rings (SSSR count). The molecule has 0 spiro atoms. The topological polar surface area (TPSA) is 72.2 Å². The third-order valence-electron chi connectivity index (χ3n) is 3.88. The van der Waals surface area contributed by atoms with Crippen molar-refractivity contribution in [2.45, 2.75) is 48.3 Å². The van der Waals surface area contributed by atoms with Crippen LogP contribution in [-0.4, -0.2) is 27.5 Å². The highest BCUT2D eigenvalue weighted by Crippen LogP contribution is 2.26. The summed E-state index contributed by atoms with van der Waals surface area (Å²) >= 11 is 0. The number of nitrogens with zero attached hydrogens (tertiary/aromatic N) is 1. The van der Waals surface area contributed by atoms with E-state index in [1.807, 2.05) is 7.05 Å². The molecule has 6 heteroatoms. The number of nitro groups is 1. The van der Waals surface area contributed by atoms with Crippen molar-refractivity contribution >= 4 is 16.5 Å².